The molecule has 5 rings (SSSR count). The number of hydrogen-bond acceptors (Lipinski definition) is 3. The van der Waals surface area contributed by atoms with E-state index in [1.165, 1.54) is 5.56 Å². The van der Waals surface area contributed by atoms with Crippen LogP contribution in [-0.2, 0) is 15.7 Å². The largest absolute Gasteiger partial charge is 0.314 e. The van der Waals surface area contributed by atoms with Gasteiger partial charge in [0.2, 0.25) is 0 Å². The average molecular weight is 564 g/mol. The number of benzene rings is 5. The third-order valence-electron chi connectivity index (χ3n) is 7.40. The third-order valence-corrected chi connectivity index (χ3v) is 13.6. The summed E-state index contributed by atoms with van der Waals surface area (Å²) < 4.78 is 29.5. The first-order chi connectivity index (χ1) is 19.6. The van der Waals surface area contributed by atoms with Crippen LogP contribution >= 0.6 is 14.3 Å². The molecule has 0 aromatic heterocycles. The van der Waals surface area contributed by atoms with Gasteiger partial charge in [0.1, 0.15) is 14.3 Å². The highest BCUT2D eigenvalue weighted by atomic mass is 31.2. The van der Waals surface area contributed by atoms with Gasteiger partial charge in [0, 0.05) is 53.2 Å². The minimum Gasteiger partial charge on any atom is -0.314 e. The standard InChI is InChI=1S/C35H35NO2P2/c37-39(32-18-8-2-9-19-32,33-20-10-3-11-21-33)28-26-36(30-31-16-6-1-7-17-31)27-29-40(38,34-22-12-4-13-23-34)35-24-14-5-15-25-35/h1-25H,26-30H2. The SMILES string of the molecule is O=P(CCN(CCP(=O)(c1ccccc1)c1ccccc1)Cc1ccccc1)(c1ccccc1)c1ccccc1. The highest BCUT2D eigenvalue weighted by Crippen LogP contribution is 2.45. The summed E-state index contributed by atoms with van der Waals surface area (Å²) >= 11 is 0. The zero-order chi connectivity index (χ0) is 27.7. The Morgan fingerprint density at radius 1 is 0.400 bits per heavy atom. The van der Waals surface area contributed by atoms with Crippen molar-refractivity contribution in [2.45, 2.75) is 6.54 Å². The summed E-state index contributed by atoms with van der Waals surface area (Å²) in [6, 6.07) is 49.7. The van der Waals surface area contributed by atoms with Crippen molar-refractivity contribution in [3.05, 3.63) is 157 Å². The maximum Gasteiger partial charge on any atom is 0.144 e. The van der Waals surface area contributed by atoms with Crippen molar-refractivity contribution < 1.29 is 9.13 Å². The molecule has 0 unspecified atom stereocenters. The fourth-order valence-electron chi connectivity index (χ4n) is 5.17. The minimum absolute atomic E-state index is 0.509. The summed E-state index contributed by atoms with van der Waals surface area (Å²) in [5, 5.41) is 3.50. The molecular formula is C35H35NO2P2. The van der Waals surface area contributed by atoms with E-state index in [4.69, 9.17) is 0 Å². The minimum atomic E-state index is -2.87. The van der Waals surface area contributed by atoms with E-state index < -0.39 is 14.3 Å². The lowest BCUT2D eigenvalue weighted by Gasteiger charge is -2.28. The van der Waals surface area contributed by atoms with E-state index in [9.17, 15) is 9.13 Å². The molecule has 0 atom stereocenters. The van der Waals surface area contributed by atoms with Crippen LogP contribution in [0.25, 0.3) is 0 Å². The summed E-state index contributed by atoms with van der Waals surface area (Å²) in [4.78, 5) is 2.33. The van der Waals surface area contributed by atoms with Gasteiger partial charge in [-0.25, -0.2) is 0 Å². The van der Waals surface area contributed by atoms with Gasteiger partial charge in [0.05, 0.1) is 0 Å². The lowest BCUT2D eigenvalue weighted by Crippen LogP contribution is -2.33. The van der Waals surface area contributed by atoms with Gasteiger partial charge in [-0.05, 0) is 5.56 Å². The zero-order valence-corrected chi connectivity index (χ0v) is 24.4. The maximum atomic E-state index is 14.7. The molecule has 3 nitrogen and oxygen atoms in total. The Labute approximate surface area is 238 Å². The van der Waals surface area contributed by atoms with E-state index in [0.29, 0.717) is 32.0 Å². The molecule has 0 amide bonds. The number of rotatable bonds is 12. The number of hydrogen-bond donors (Lipinski definition) is 0. The van der Waals surface area contributed by atoms with E-state index >= 15 is 0 Å². The van der Waals surface area contributed by atoms with E-state index in [1.807, 2.05) is 140 Å². The molecule has 5 aromatic rings. The molecule has 0 bridgehead atoms. The third kappa shape index (κ3) is 6.62. The van der Waals surface area contributed by atoms with Crippen LogP contribution in [0.15, 0.2) is 152 Å². The van der Waals surface area contributed by atoms with Crippen LogP contribution in [0.5, 0.6) is 0 Å². The van der Waals surface area contributed by atoms with Crippen molar-refractivity contribution in [3.63, 3.8) is 0 Å². The Bertz CT molecular complexity index is 1370. The first kappa shape index (κ1) is 28.1. The summed E-state index contributed by atoms with van der Waals surface area (Å²) in [7, 11) is -5.75. The summed E-state index contributed by atoms with van der Waals surface area (Å²) in [6.07, 6.45) is 1.02. The lowest BCUT2D eigenvalue weighted by atomic mass is 10.2. The van der Waals surface area contributed by atoms with Gasteiger partial charge >= 0.3 is 0 Å². The molecule has 0 aliphatic rings. The first-order valence-corrected chi connectivity index (χ1v) is 17.5. The maximum absolute atomic E-state index is 14.7. The van der Waals surface area contributed by atoms with E-state index in [-0.39, 0.29) is 0 Å². The Hall–Kier alpha value is -3.48. The molecule has 0 aliphatic carbocycles. The van der Waals surface area contributed by atoms with E-state index in [0.717, 1.165) is 21.2 Å². The Morgan fingerprint density at radius 3 is 0.975 bits per heavy atom. The zero-order valence-electron chi connectivity index (χ0n) is 22.6. The van der Waals surface area contributed by atoms with Gasteiger partial charge in [0.15, 0.2) is 0 Å². The normalized spacial score (nSPS) is 11.9. The van der Waals surface area contributed by atoms with Crippen LogP contribution < -0.4 is 21.2 Å². The smallest absolute Gasteiger partial charge is 0.144 e. The molecule has 5 aromatic carbocycles. The Balaban J connectivity index is 1.45. The molecule has 5 heteroatoms. The fraction of sp³-hybridized carbons (Fsp3) is 0.143. The van der Waals surface area contributed by atoms with Gasteiger partial charge in [-0.2, -0.15) is 0 Å². The van der Waals surface area contributed by atoms with E-state index in [1.54, 1.807) is 0 Å². The molecule has 0 aliphatic heterocycles. The molecule has 0 saturated heterocycles. The Morgan fingerprint density at radius 2 is 0.675 bits per heavy atom. The van der Waals surface area contributed by atoms with Gasteiger partial charge < -0.3 is 9.13 Å². The van der Waals surface area contributed by atoms with E-state index in [2.05, 4.69) is 17.0 Å². The van der Waals surface area contributed by atoms with Gasteiger partial charge in [0.25, 0.3) is 0 Å². The summed E-state index contributed by atoms with van der Waals surface area (Å²) in [5.74, 6) is 0. The first-order valence-electron chi connectivity index (χ1n) is 13.7. The molecule has 40 heavy (non-hydrogen) atoms. The van der Waals surface area contributed by atoms with Gasteiger partial charge in [-0.3, -0.25) is 4.90 Å². The molecule has 202 valence electrons. The van der Waals surface area contributed by atoms with Crippen LogP contribution in [-0.4, -0.2) is 30.3 Å². The van der Waals surface area contributed by atoms with Crippen molar-refractivity contribution in [1.82, 2.24) is 4.90 Å². The molecular weight excluding hydrogens is 528 g/mol. The van der Waals surface area contributed by atoms with Crippen LogP contribution in [0.1, 0.15) is 5.56 Å². The van der Waals surface area contributed by atoms with Crippen molar-refractivity contribution >= 4 is 35.5 Å². The van der Waals surface area contributed by atoms with Crippen LogP contribution in [0.2, 0.25) is 0 Å². The summed E-state index contributed by atoms with van der Waals surface area (Å²) in [6.45, 7) is 1.95. The highest BCUT2D eigenvalue weighted by Gasteiger charge is 2.30. The van der Waals surface area contributed by atoms with Gasteiger partial charge in [-0.15, -0.1) is 0 Å². The molecule has 0 spiro atoms. The molecule has 0 saturated carbocycles. The van der Waals surface area contributed by atoms with Crippen molar-refractivity contribution in [1.29, 1.82) is 0 Å². The molecule has 0 heterocycles. The lowest BCUT2D eigenvalue weighted by molar-refractivity contribution is 0.298. The van der Waals surface area contributed by atoms with Crippen LogP contribution in [0.4, 0.5) is 0 Å². The Kier molecular flexibility index (Phi) is 9.30. The molecule has 0 fully saturated rings. The van der Waals surface area contributed by atoms with Crippen molar-refractivity contribution in [3.8, 4) is 0 Å². The monoisotopic (exact) mass is 563 g/mol. The van der Waals surface area contributed by atoms with Crippen molar-refractivity contribution in [2.75, 3.05) is 25.4 Å². The predicted molar refractivity (Wildman–Crippen MR) is 171 cm³/mol. The highest BCUT2D eigenvalue weighted by molar-refractivity contribution is 7.79. The van der Waals surface area contributed by atoms with Crippen molar-refractivity contribution in [2.24, 2.45) is 0 Å². The average Bonchev–Trinajstić information content (AvgIpc) is 3.04. The molecule has 0 radical (unpaired) electrons. The second kappa shape index (κ2) is 13.2. The van der Waals surface area contributed by atoms with Crippen LogP contribution in [0, 0.1) is 0 Å². The number of nitrogens with zero attached hydrogens (tertiary/aromatic N) is 1. The second-order valence-electron chi connectivity index (χ2n) is 10.0. The van der Waals surface area contributed by atoms with Crippen LogP contribution in [0.3, 0.4) is 0 Å². The quantitative estimate of drug-likeness (QED) is 0.162. The fourth-order valence-corrected chi connectivity index (χ4v) is 10.5. The topological polar surface area (TPSA) is 37.4 Å². The van der Waals surface area contributed by atoms with Gasteiger partial charge in [-0.1, -0.05) is 152 Å². The second-order valence-corrected chi connectivity index (χ2v) is 15.9. The predicted octanol–water partition coefficient (Wildman–Crippen LogP) is 6.52. The molecule has 0 N–H and O–H groups in total. The summed E-state index contributed by atoms with van der Waals surface area (Å²) in [5.41, 5.74) is 1.19.